The van der Waals surface area contributed by atoms with Crippen molar-refractivity contribution < 1.29 is 23.1 Å². The van der Waals surface area contributed by atoms with Crippen molar-refractivity contribution in [3.63, 3.8) is 0 Å². The van der Waals surface area contributed by atoms with E-state index in [0.717, 1.165) is 0 Å². The first-order valence-electron chi connectivity index (χ1n) is 7.84. The molecular weight excluding hydrogens is 332 g/mol. The summed E-state index contributed by atoms with van der Waals surface area (Å²) in [5, 5.41) is 8.88. The molecule has 1 amide bonds. The van der Waals surface area contributed by atoms with Crippen molar-refractivity contribution in [3.8, 4) is 0 Å². The van der Waals surface area contributed by atoms with Gasteiger partial charge in [0, 0.05) is 18.2 Å². The van der Waals surface area contributed by atoms with Crippen molar-refractivity contribution in [2.75, 3.05) is 13.1 Å². The Kier molecular flexibility index (Phi) is 7.37. The molecule has 24 heavy (non-hydrogen) atoms. The minimum absolute atomic E-state index is 0.0691. The van der Waals surface area contributed by atoms with E-state index in [1.807, 2.05) is 13.8 Å². The van der Waals surface area contributed by atoms with E-state index in [1.54, 1.807) is 6.92 Å². The molecule has 1 aromatic rings. The Morgan fingerprint density at radius 3 is 2.25 bits per heavy atom. The van der Waals surface area contributed by atoms with E-state index in [1.165, 1.54) is 29.2 Å². The average Bonchev–Trinajstić information content (AvgIpc) is 2.53. The van der Waals surface area contributed by atoms with Crippen LogP contribution in [0.2, 0.25) is 0 Å². The molecule has 1 rings (SSSR count). The predicted octanol–water partition coefficient (Wildman–Crippen LogP) is 1.70. The molecule has 0 saturated heterocycles. The maximum absolute atomic E-state index is 12.4. The molecule has 0 fully saturated rings. The topological polar surface area (TPSA) is 104 Å². The van der Waals surface area contributed by atoms with Crippen LogP contribution in [0, 0.1) is 0 Å². The highest BCUT2D eigenvalue weighted by atomic mass is 32.2. The predicted molar refractivity (Wildman–Crippen MR) is 90.3 cm³/mol. The molecule has 1 aromatic carbocycles. The fourth-order valence-electron chi connectivity index (χ4n) is 2.06. The fourth-order valence-corrected chi connectivity index (χ4v) is 3.39. The second-order valence-corrected chi connectivity index (χ2v) is 7.29. The van der Waals surface area contributed by atoms with Crippen molar-refractivity contribution in [1.29, 1.82) is 0 Å². The van der Waals surface area contributed by atoms with Crippen molar-refractivity contribution >= 4 is 21.9 Å². The van der Waals surface area contributed by atoms with E-state index in [-0.39, 0.29) is 23.0 Å². The molecule has 0 aliphatic heterocycles. The van der Waals surface area contributed by atoms with Crippen molar-refractivity contribution in [3.05, 3.63) is 29.8 Å². The number of sulfonamides is 1. The number of aliphatic carboxylic acids is 1. The third-order valence-corrected chi connectivity index (χ3v) is 5.09. The lowest BCUT2D eigenvalue weighted by Crippen LogP contribution is -2.36. The molecule has 0 bridgehead atoms. The van der Waals surface area contributed by atoms with Crippen LogP contribution in [-0.4, -0.2) is 49.4 Å². The van der Waals surface area contributed by atoms with Gasteiger partial charge < -0.3 is 10.0 Å². The highest BCUT2D eigenvalue weighted by molar-refractivity contribution is 7.89. The maximum Gasteiger partial charge on any atom is 0.323 e. The van der Waals surface area contributed by atoms with E-state index in [2.05, 4.69) is 4.72 Å². The summed E-state index contributed by atoms with van der Waals surface area (Å²) in [6.07, 6.45) is 1.29. The van der Waals surface area contributed by atoms with Crippen LogP contribution in [0.3, 0.4) is 0 Å². The normalized spacial score (nSPS) is 12.6. The van der Waals surface area contributed by atoms with E-state index in [0.29, 0.717) is 19.4 Å². The lowest BCUT2D eigenvalue weighted by atomic mass is 10.2. The standard InChI is InChI=1S/C16H24N2O5S/c1-4-10-18(11-15(19)20)16(21)13-6-8-14(9-7-13)24(22,23)17-12(3)5-2/h6-9,12,17H,4-5,10-11H2,1-3H3,(H,19,20). The Morgan fingerprint density at radius 2 is 1.79 bits per heavy atom. The molecule has 1 unspecified atom stereocenters. The third kappa shape index (κ3) is 5.61. The zero-order valence-electron chi connectivity index (χ0n) is 14.2. The molecule has 0 heterocycles. The molecule has 134 valence electrons. The molecule has 0 spiro atoms. The monoisotopic (exact) mass is 356 g/mol. The van der Waals surface area contributed by atoms with Gasteiger partial charge in [-0.15, -0.1) is 0 Å². The lowest BCUT2D eigenvalue weighted by Gasteiger charge is -2.20. The summed E-state index contributed by atoms with van der Waals surface area (Å²) in [6.45, 7) is 5.42. The molecular formula is C16H24N2O5S. The Bertz CT molecular complexity index is 670. The Labute approximate surface area is 142 Å². The SMILES string of the molecule is CCCN(CC(=O)O)C(=O)c1ccc(S(=O)(=O)NC(C)CC)cc1. The number of amides is 1. The zero-order valence-corrected chi connectivity index (χ0v) is 15.0. The summed E-state index contributed by atoms with van der Waals surface area (Å²) in [5.41, 5.74) is 0.257. The van der Waals surface area contributed by atoms with Gasteiger partial charge in [0.1, 0.15) is 6.54 Å². The zero-order chi connectivity index (χ0) is 18.3. The number of nitrogens with zero attached hydrogens (tertiary/aromatic N) is 1. The van der Waals surface area contributed by atoms with Gasteiger partial charge in [-0.25, -0.2) is 13.1 Å². The minimum atomic E-state index is -3.63. The number of carboxylic acid groups (broad SMARTS) is 1. The molecule has 0 saturated carbocycles. The number of nitrogens with one attached hydrogen (secondary N) is 1. The number of rotatable bonds is 9. The van der Waals surface area contributed by atoms with Crippen LogP contribution < -0.4 is 4.72 Å². The molecule has 0 aliphatic carbocycles. The Morgan fingerprint density at radius 1 is 1.21 bits per heavy atom. The molecule has 8 heteroatoms. The molecule has 0 aromatic heterocycles. The second-order valence-electron chi connectivity index (χ2n) is 5.58. The van der Waals surface area contributed by atoms with Crippen LogP contribution in [0.15, 0.2) is 29.2 Å². The lowest BCUT2D eigenvalue weighted by molar-refractivity contribution is -0.137. The number of hydrogen-bond acceptors (Lipinski definition) is 4. The van der Waals surface area contributed by atoms with E-state index in [4.69, 9.17) is 5.11 Å². The number of carboxylic acids is 1. The van der Waals surface area contributed by atoms with Gasteiger partial charge in [-0.3, -0.25) is 9.59 Å². The summed E-state index contributed by atoms with van der Waals surface area (Å²) in [5.74, 6) is -1.52. The first-order valence-corrected chi connectivity index (χ1v) is 9.33. The van der Waals surface area contributed by atoms with Crippen molar-refractivity contribution in [1.82, 2.24) is 9.62 Å². The van der Waals surface area contributed by atoms with Gasteiger partial charge in [0.05, 0.1) is 4.90 Å². The van der Waals surface area contributed by atoms with Crippen LogP contribution in [0.25, 0.3) is 0 Å². The first-order chi connectivity index (χ1) is 11.2. The fraction of sp³-hybridized carbons (Fsp3) is 0.500. The number of carbonyl (C=O) groups excluding carboxylic acids is 1. The average molecular weight is 356 g/mol. The van der Waals surface area contributed by atoms with Crippen LogP contribution in [-0.2, 0) is 14.8 Å². The molecule has 1 atom stereocenters. The number of carbonyl (C=O) groups is 2. The number of benzene rings is 1. The van der Waals surface area contributed by atoms with Crippen LogP contribution in [0.1, 0.15) is 44.0 Å². The minimum Gasteiger partial charge on any atom is -0.480 e. The highest BCUT2D eigenvalue weighted by Gasteiger charge is 2.20. The van der Waals surface area contributed by atoms with Gasteiger partial charge in [-0.1, -0.05) is 13.8 Å². The number of hydrogen-bond donors (Lipinski definition) is 2. The van der Waals surface area contributed by atoms with E-state index in [9.17, 15) is 18.0 Å². The summed E-state index contributed by atoms with van der Waals surface area (Å²) in [7, 11) is -3.63. The summed E-state index contributed by atoms with van der Waals surface area (Å²) >= 11 is 0. The molecule has 0 aliphatic rings. The van der Waals surface area contributed by atoms with Gasteiger partial charge in [-0.2, -0.15) is 0 Å². The van der Waals surface area contributed by atoms with E-state index >= 15 is 0 Å². The van der Waals surface area contributed by atoms with Gasteiger partial charge in [0.2, 0.25) is 10.0 Å². The van der Waals surface area contributed by atoms with E-state index < -0.39 is 21.9 Å². The second kappa shape index (κ2) is 8.79. The van der Waals surface area contributed by atoms with Gasteiger partial charge in [0.15, 0.2) is 0 Å². The quantitative estimate of drug-likeness (QED) is 0.701. The summed E-state index contributed by atoms with van der Waals surface area (Å²) in [6, 6.07) is 5.31. The first kappa shape index (κ1) is 20.1. The Hall–Kier alpha value is -1.93. The highest BCUT2D eigenvalue weighted by Crippen LogP contribution is 2.13. The van der Waals surface area contributed by atoms with Crippen LogP contribution in [0.5, 0.6) is 0 Å². The van der Waals surface area contributed by atoms with Gasteiger partial charge >= 0.3 is 5.97 Å². The molecule has 0 radical (unpaired) electrons. The maximum atomic E-state index is 12.4. The Balaban J connectivity index is 2.97. The molecule has 7 nitrogen and oxygen atoms in total. The van der Waals surface area contributed by atoms with Crippen LogP contribution in [0.4, 0.5) is 0 Å². The molecule has 2 N–H and O–H groups in total. The van der Waals surface area contributed by atoms with Crippen molar-refractivity contribution in [2.45, 2.75) is 44.6 Å². The van der Waals surface area contributed by atoms with Crippen LogP contribution >= 0.6 is 0 Å². The smallest absolute Gasteiger partial charge is 0.323 e. The summed E-state index contributed by atoms with van der Waals surface area (Å²) < 4.78 is 26.9. The third-order valence-electron chi connectivity index (χ3n) is 3.49. The van der Waals surface area contributed by atoms with Gasteiger partial charge in [0.25, 0.3) is 5.91 Å². The largest absolute Gasteiger partial charge is 0.480 e. The van der Waals surface area contributed by atoms with Crippen molar-refractivity contribution in [2.24, 2.45) is 0 Å². The van der Waals surface area contributed by atoms with Gasteiger partial charge in [-0.05, 0) is 44.0 Å². The summed E-state index contributed by atoms with van der Waals surface area (Å²) in [4.78, 5) is 24.5.